The number of imide groups is 1. The Hall–Kier alpha value is -8.03. The molecule has 81 heavy (non-hydrogen) atoms. The molecule has 0 radical (unpaired) electrons. The highest BCUT2D eigenvalue weighted by atomic mass is 16.5. The molecule has 0 bridgehead atoms. The summed E-state index contributed by atoms with van der Waals surface area (Å²) in [5.74, 6) is 0.220. The maximum absolute atomic E-state index is 14.5. The Balaban J connectivity index is 0.834. The van der Waals surface area contributed by atoms with Gasteiger partial charge in [-0.3, -0.25) is 34.1 Å². The molecule has 3 aliphatic rings. The number of unbranched alkanes of at least 4 members (excludes halogenated alkanes) is 5. The molecule has 20 nitrogen and oxygen atoms in total. The van der Waals surface area contributed by atoms with Crippen LogP contribution in [0.3, 0.4) is 0 Å². The molecule has 3 aliphatic heterocycles. The van der Waals surface area contributed by atoms with Gasteiger partial charge in [0.1, 0.15) is 23.9 Å². The van der Waals surface area contributed by atoms with E-state index in [1.165, 1.54) is 26.2 Å². The van der Waals surface area contributed by atoms with Crippen molar-refractivity contribution in [3.63, 3.8) is 0 Å². The van der Waals surface area contributed by atoms with Crippen LogP contribution in [0, 0.1) is 0 Å². The number of rotatable bonds is 30. The zero-order valence-electron chi connectivity index (χ0n) is 47.5. The van der Waals surface area contributed by atoms with Gasteiger partial charge in [-0.1, -0.05) is 56.9 Å². The van der Waals surface area contributed by atoms with Crippen LogP contribution >= 0.6 is 0 Å². The molecule has 3 heterocycles. The van der Waals surface area contributed by atoms with Gasteiger partial charge in [-0.15, -0.1) is 0 Å². The molecule has 4 aromatic carbocycles. The van der Waals surface area contributed by atoms with Crippen molar-refractivity contribution in [2.75, 3.05) is 73.7 Å². The van der Waals surface area contributed by atoms with Crippen molar-refractivity contribution >= 4 is 47.1 Å². The van der Waals surface area contributed by atoms with Crippen molar-refractivity contribution in [3.05, 3.63) is 101 Å². The van der Waals surface area contributed by atoms with E-state index in [2.05, 4.69) is 21.3 Å². The highest BCUT2D eigenvalue weighted by Gasteiger charge is 2.41. The van der Waals surface area contributed by atoms with Gasteiger partial charge < -0.3 is 58.9 Å². The van der Waals surface area contributed by atoms with Crippen LogP contribution in [0.25, 0.3) is 0 Å². The molecular weight excluding hydrogens is 1040 g/mol. The number of carbonyl (C=O) groups excluding carboxylic acids is 7. The normalized spacial score (nSPS) is 16.5. The minimum Gasteiger partial charge on any atom is -0.493 e. The lowest BCUT2D eigenvalue weighted by Crippen LogP contribution is -2.52. The maximum Gasteiger partial charge on any atom is 0.329 e. The third-order valence-corrected chi connectivity index (χ3v) is 15.1. The van der Waals surface area contributed by atoms with E-state index in [0.717, 1.165) is 68.1 Å². The van der Waals surface area contributed by atoms with E-state index in [9.17, 15) is 33.6 Å². The molecule has 0 aromatic heterocycles. The van der Waals surface area contributed by atoms with Gasteiger partial charge in [0.25, 0.3) is 11.8 Å². The highest BCUT2D eigenvalue weighted by Crippen LogP contribution is 2.42. The van der Waals surface area contributed by atoms with E-state index in [0.29, 0.717) is 96.6 Å². The number of nitrogens with zero attached hydrogens (tertiary/aromatic N) is 2. The SMILES string of the molecule is CC[C@H](C(=O)N1CCCC[C@H]1C(=O)O[C@H](CCc1ccc(OC)c(OC)c1)c1ccc(OCC(=O)NCCCCCCCCNC(=O)CNc2cccc3c2CN(C2CCC(=O)NC2=O)C3=O)cc1)c1cc(OC)c(OC)c(OC)c1. The molecule has 436 valence electrons. The van der Waals surface area contributed by atoms with Gasteiger partial charge in [0, 0.05) is 49.4 Å². The van der Waals surface area contributed by atoms with E-state index in [1.807, 2.05) is 37.3 Å². The first kappa shape index (κ1) is 60.6. The number of anilines is 1. The number of ether oxygens (including phenoxy) is 7. The second-order valence-electron chi connectivity index (χ2n) is 20.4. The third-order valence-electron chi connectivity index (χ3n) is 15.1. The maximum atomic E-state index is 14.5. The number of methoxy groups -OCH3 is 5. The lowest BCUT2D eigenvalue weighted by molar-refractivity contribution is -0.162. The zero-order chi connectivity index (χ0) is 57.8. The number of likely N-dealkylation sites (tertiary alicyclic amines) is 1. The molecule has 0 spiro atoms. The van der Waals surface area contributed by atoms with Crippen LogP contribution in [-0.4, -0.2) is 132 Å². The summed E-state index contributed by atoms with van der Waals surface area (Å²) in [6, 6.07) is 20.2. The van der Waals surface area contributed by atoms with Crippen molar-refractivity contribution in [3.8, 4) is 34.5 Å². The number of aryl methyl sites for hydroxylation is 1. The molecule has 0 saturated carbocycles. The summed E-state index contributed by atoms with van der Waals surface area (Å²) in [6.07, 6.45) is 8.65. The first-order valence-corrected chi connectivity index (χ1v) is 28.1. The molecular formula is C61H78N6O14. The van der Waals surface area contributed by atoms with Crippen LogP contribution in [0.5, 0.6) is 34.5 Å². The fraction of sp³-hybridized carbons (Fsp3) is 0.492. The van der Waals surface area contributed by atoms with Gasteiger partial charge in [-0.25, -0.2) is 4.79 Å². The van der Waals surface area contributed by atoms with Crippen LogP contribution in [0.15, 0.2) is 72.8 Å². The van der Waals surface area contributed by atoms with Crippen molar-refractivity contribution in [2.24, 2.45) is 0 Å². The lowest BCUT2D eigenvalue weighted by atomic mass is 9.91. The molecule has 7 rings (SSSR count). The Morgan fingerprint density at radius 2 is 1.40 bits per heavy atom. The van der Waals surface area contributed by atoms with E-state index in [1.54, 1.807) is 61.6 Å². The number of carbonyl (C=O) groups is 7. The molecule has 1 unspecified atom stereocenters. The molecule has 4 atom stereocenters. The van der Waals surface area contributed by atoms with Crippen LogP contribution in [0.4, 0.5) is 5.69 Å². The number of hydrogen-bond acceptors (Lipinski definition) is 15. The summed E-state index contributed by atoms with van der Waals surface area (Å²) in [5, 5.41) is 11.3. The minimum atomic E-state index is -0.792. The van der Waals surface area contributed by atoms with Gasteiger partial charge in [-0.2, -0.15) is 0 Å². The summed E-state index contributed by atoms with van der Waals surface area (Å²) in [6.45, 7) is 3.47. The van der Waals surface area contributed by atoms with E-state index in [4.69, 9.17) is 33.2 Å². The smallest absolute Gasteiger partial charge is 0.329 e. The Kier molecular flexibility index (Phi) is 22.4. The number of benzene rings is 4. The van der Waals surface area contributed by atoms with Crippen molar-refractivity contribution in [1.82, 2.24) is 25.8 Å². The third kappa shape index (κ3) is 15.9. The van der Waals surface area contributed by atoms with Gasteiger partial charge in [-0.05, 0) is 123 Å². The monoisotopic (exact) mass is 1120 g/mol. The number of esters is 1. The molecule has 0 aliphatic carbocycles. The quantitative estimate of drug-likeness (QED) is 0.0227. The number of nitrogens with one attached hydrogen (secondary N) is 4. The average Bonchev–Trinajstić information content (AvgIpc) is 3.89. The predicted molar refractivity (Wildman–Crippen MR) is 302 cm³/mol. The Morgan fingerprint density at radius 3 is 2.05 bits per heavy atom. The second kappa shape index (κ2) is 30.0. The van der Waals surface area contributed by atoms with E-state index < -0.39 is 36.0 Å². The van der Waals surface area contributed by atoms with Crippen molar-refractivity contribution in [2.45, 2.75) is 127 Å². The molecule has 4 N–H and O–H groups in total. The summed E-state index contributed by atoms with van der Waals surface area (Å²) in [7, 11) is 7.74. The Morgan fingerprint density at radius 1 is 0.716 bits per heavy atom. The van der Waals surface area contributed by atoms with Crippen LogP contribution in [0.2, 0.25) is 0 Å². The minimum absolute atomic E-state index is 0.0308. The standard InChI is InChI=1S/C61H78N6O14/c1-7-43(41-34-52(77-4)57(79-6)53(35-41)78-5)59(72)66-32-15-12-19-48(66)61(74)81-49(27-20-39-21-28-50(75-2)51(33-39)76-3)40-22-24-42(25-23-40)80-38-56(70)63-31-14-11-9-8-10-13-30-62-55(69)36-64-46-18-16-17-44-45(46)37-67(60(44)73)47-26-29-54(68)65-58(47)71/h16-18,21-25,28,33-35,43,47-49,64H,7-15,19-20,26-27,29-32,36-38H2,1-6H3,(H,62,69)(H,63,70)(H,65,68,71)/t43-,47?,48-,49+/m0/s1. The predicted octanol–water partition coefficient (Wildman–Crippen LogP) is 7.35. The zero-order valence-corrected chi connectivity index (χ0v) is 47.5. The Labute approximate surface area is 474 Å². The Bertz CT molecular complexity index is 2820. The van der Waals surface area contributed by atoms with Crippen molar-refractivity contribution < 1.29 is 66.7 Å². The molecule has 2 fully saturated rings. The topological polar surface area (TPSA) is 239 Å². The van der Waals surface area contributed by atoms with Crippen LogP contribution in [-0.2, 0) is 46.5 Å². The molecule has 6 amide bonds. The van der Waals surface area contributed by atoms with E-state index in [-0.39, 0.29) is 62.1 Å². The number of hydrogen-bond donors (Lipinski definition) is 4. The average molecular weight is 1120 g/mol. The van der Waals surface area contributed by atoms with Crippen LogP contribution in [0.1, 0.15) is 135 Å². The highest BCUT2D eigenvalue weighted by molar-refractivity contribution is 6.06. The largest absolute Gasteiger partial charge is 0.493 e. The number of fused-ring (bicyclic) bond motifs is 1. The number of piperidine rings is 2. The van der Waals surface area contributed by atoms with Crippen molar-refractivity contribution in [1.29, 1.82) is 0 Å². The molecule has 4 aromatic rings. The fourth-order valence-corrected chi connectivity index (χ4v) is 10.7. The first-order valence-electron chi connectivity index (χ1n) is 28.1. The summed E-state index contributed by atoms with van der Waals surface area (Å²) in [4.78, 5) is 94.7. The van der Waals surface area contributed by atoms with Gasteiger partial charge >= 0.3 is 5.97 Å². The lowest BCUT2D eigenvalue weighted by Gasteiger charge is -2.37. The second-order valence-corrected chi connectivity index (χ2v) is 20.4. The summed E-state index contributed by atoms with van der Waals surface area (Å²) >= 11 is 0. The van der Waals surface area contributed by atoms with Gasteiger partial charge in [0.2, 0.25) is 29.4 Å². The fourth-order valence-electron chi connectivity index (χ4n) is 10.7. The molecule has 2 saturated heterocycles. The van der Waals surface area contributed by atoms with Gasteiger partial charge in [0.15, 0.2) is 29.6 Å². The first-order chi connectivity index (χ1) is 39.3. The number of amides is 6. The molecule has 20 heteroatoms. The van der Waals surface area contributed by atoms with Crippen LogP contribution < -0.4 is 49.7 Å². The summed E-state index contributed by atoms with van der Waals surface area (Å²) in [5.41, 5.74) is 4.23. The van der Waals surface area contributed by atoms with E-state index >= 15 is 0 Å². The van der Waals surface area contributed by atoms with Gasteiger partial charge in [0.05, 0.1) is 48.0 Å². The summed E-state index contributed by atoms with van der Waals surface area (Å²) < 4.78 is 40.0.